The first-order chi connectivity index (χ1) is 10.7. The Kier molecular flexibility index (Phi) is 6.40. The quantitative estimate of drug-likeness (QED) is 0.812. The number of likely N-dealkylation sites (N-methyl/N-ethyl adjacent to an activating group) is 1. The molecule has 122 valence electrons. The van der Waals surface area contributed by atoms with E-state index in [1.165, 1.54) is 5.56 Å². The summed E-state index contributed by atoms with van der Waals surface area (Å²) in [5, 5.41) is 3.14. The van der Waals surface area contributed by atoms with Crippen LogP contribution in [0.15, 0.2) is 30.3 Å². The Hall–Kier alpha value is -1.39. The molecule has 1 aromatic carbocycles. The normalized spacial score (nSPS) is 22.7. The molecule has 4 nitrogen and oxygen atoms in total. The Balaban J connectivity index is 2.02. The highest BCUT2D eigenvalue weighted by Crippen LogP contribution is 2.25. The highest BCUT2D eigenvalue weighted by molar-refractivity contribution is 5.79. The van der Waals surface area contributed by atoms with Crippen molar-refractivity contribution in [3.8, 4) is 0 Å². The van der Waals surface area contributed by atoms with E-state index in [2.05, 4.69) is 48.3 Å². The zero-order chi connectivity index (χ0) is 15.9. The lowest BCUT2D eigenvalue weighted by Gasteiger charge is -2.31. The average Bonchev–Trinajstić information content (AvgIpc) is 2.98. The van der Waals surface area contributed by atoms with Crippen molar-refractivity contribution in [1.82, 2.24) is 10.2 Å². The summed E-state index contributed by atoms with van der Waals surface area (Å²) in [6.07, 6.45) is 2.96. The molecule has 0 radical (unpaired) electrons. The number of hydrogen-bond donors (Lipinski definition) is 2. The number of benzene rings is 1. The van der Waals surface area contributed by atoms with Crippen LogP contribution in [0.1, 0.15) is 44.7 Å². The highest BCUT2D eigenvalue weighted by atomic mass is 16.1. The summed E-state index contributed by atoms with van der Waals surface area (Å²) in [5.41, 5.74) is 7.29. The van der Waals surface area contributed by atoms with E-state index in [4.69, 9.17) is 5.73 Å². The monoisotopic (exact) mass is 303 g/mol. The first kappa shape index (κ1) is 17.0. The molecule has 4 heteroatoms. The molecule has 0 heterocycles. The molecule has 0 bridgehead atoms. The number of nitrogens with two attached hydrogens (primary N) is 1. The zero-order valence-electron chi connectivity index (χ0n) is 13.8. The van der Waals surface area contributed by atoms with Gasteiger partial charge in [0, 0.05) is 12.6 Å². The van der Waals surface area contributed by atoms with Crippen molar-refractivity contribution >= 4 is 5.91 Å². The van der Waals surface area contributed by atoms with Gasteiger partial charge in [0.15, 0.2) is 0 Å². The van der Waals surface area contributed by atoms with E-state index in [1.807, 2.05) is 6.07 Å². The molecule has 0 saturated heterocycles. The van der Waals surface area contributed by atoms with E-state index >= 15 is 0 Å². The largest absolute Gasteiger partial charge is 0.354 e. The summed E-state index contributed by atoms with van der Waals surface area (Å²) in [7, 11) is 0. The molecule has 1 aliphatic carbocycles. The Labute approximate surface area is 134 Å². The van der Waals surface area contributed by atoms with Crippen molar-refractivity contribution in [2.45, 2.75) is 45.2 Å². The summed E-state index contributed by atoms with van der Waals surface area (Å²) in [5.74, 6) is 0.117. The van der Waals surface area contributed by atoms with Crippen molar-refractivity contribution < 1.29 is 4.79 Å². The number of nitrogens with zero attached hydrogens (tertiary/aromatic N) is 1. The molecule has 22 heavy (non-hydrogen) atoms. The van der Waals surface area contributed by atoms with Crippen LogP contribution in [0.5, 0.6) is 0 Å². The number of amides is 1. The molecule has 3 N–H and O–H groups in total. The van der Waals surface area contributed by atoms with E-state index in [1.54, 1.807) is 0 Å². The Morgan fingerprint density at radius 3 is 2.50 bits per heavy atom. The molecular formula is C18H29N3O. The second-order valence-electron chi connectivity index (χ2n) is 6.09. The maximum Gasteiger partial charge on any atom is 0.224 e. The highest BCUT2D eigenvalue weighted by Gasteiger charge is 2.30. The van der Waals surface area contributed by atoms with Gasteiger partial charge in [0.1, 0.15) is 0 Å². The Morgan fingerprint density at radius 1 is 1.27 bits per heavy atom. The standard InChI is InChI=1S/C18H29N3O/c1-3-21(4-2)17(14-9-6-5-7-10-14)13-20-18(22)15-11-8-12-16(15)19/h5-7,9-10,15-17H,3-4,8,11-13,19H2,1-2H3,(H,20,22). The minimum atomic E-state index is -0.00636. The number of carbonyl (C=O) groups is 1. The van der Waals surface area contributed by atoms with Crippen molar-refractivity contribution in [2.75, 3.05) is 19.6 Å². The fourth-order valence-electron chi connectivity index (χ4n) is 3.44. The lowest BCUT2D eigenvalue weighted by Crippen LogP contribution is -2.43. The summed E-state index contributed by atoms with van der Waals surface area (Å²) in [4.78, 5) is 14.8. The van der Waals surface area contributed by atoms with Crippen LogP contribution >= 0.6 is 0 Å². The van der Waals surface area contributed by atoms with Crippen molar-refractivity contribution in [3.63, 3.8) is 0 Å². The average molecular weight is 303 g/mol. The number of hydrogen-bond acceptors (Lipinski definition) is 3. The fraction of sp³-hybridized carbons (Fsp3) is 0.611. The van der Waals surface area contributed by atoms with Crippen LogP contribution in [0.3, 0.4) is 0 Å². The van der Waals surface area contributed by atoms with Crippen LogP contribution in [-0.2, 0) is 4.79 Å². The van der Waals surface area contributed by atoms with Gasteiger partial charge in [0.25, 0.3) is 0 Å². The third-order valence-electron chi connectivity index (χ3n) is 4.81. The van der Waals surface area contributed by atoms with Gasteiger partial charge < -0.3 is 11.1 Å². The van der Waals surface area contributed by atoms with Crippen molar-refractivity contribution in [1.29, 1.82) is 0 Å². The van der Waals surface area contributed by atoms with Gasteiger partial charge in [-0.15, -0.1) is 0 Å². The second-order valence-corrected chi connectivity index (χ2v) is 6.09. The molecule has 0 aliphatic heterocycles. The SMILES string of the molecule is CCN(CC)C(CNC(=O)C1CCCC1N)c1ccccc1. The molecule has 1 amide bonds. The van der Waals surface area contributed by atoms with Crippen LogP contribution < -0.4 is 11.1 Å². The summed E-state index contributed by atoms with van der Waals surface area (Å²) in [6, 6.07) is 10.7. The smallest absolute Gasteiger partial charge is 0.224 e. The first-order valence-corrected chi connectivity index (χ1v) is 8.49. The van der Waals surface area contributed by atoms with Crippen LogP contribution in [0.4, 0.5) is 0 Å². The van der Waals surface area contributed by atoms with Gasteiger partial charge in [-0.3, -0.25) is 9.69 Å². The van der Waals surface area contributed by atoms with Crippen molar-refractivity contribution in [2.24, 2.45) is 11.7 Å². The third-order valence-corrected chi connectivity index (χ3v) is 4.81. The number of carbonyl (C=O) groups excluding carboxylic acids is 1. The van der Waals surface area contributed by atoms with E-state index in [-0.39, 0.29) is 23.9 Å². The van der Waals surface area contributed by atoms with E-state index < -0.39 is 0 Å². The maximum atomic E-state index is 12.4. The van der Waals surface area contributed by atoms with Gasteiger partial charge in [0.2, 0.25) is 5.91 Å². The summed E-state index contributed by atoms with van der Waals surface area (Å²) < 4.78 is 0. The third kappa shape index (κ3) is 4.08. The molecule has 1 saturated carbocycles. The maximum absolute atomic E-state index is 12.4. The zero-order valence-corrected chi connectivity index (χ0v) is 13.8. The van der Waals surface area contributed by atoms with Gasteiger partial charge >= 0.3 is 0 Å². The number of nitrogens with one attached hydrogen (secondary N) is 1. The molecule has 1 aromatic rings. The van der Waals surface area contributed by atoms with E-state index in [9.17, 15) is 4.79 Å². The molecule has 1 aliphatic rings. The fourth-order valence-corrected chi connectivity index (χ4v) is 3.44. The Bertz CT molecular complexity index is 459. The lowest BCUT2D eigenvalue weighted by atomic mass is 10.0. The molecule has 3 unspecified atom stereocenters. The minimum Gasteiger partial charge on any atom is -0.354 e. The molecule has 2 rings (SSSR count). The molecular weight excluding hydrogens is 274 g/mol. The van der Waals surface area contributed by atoms with Crippen molar-refractivity contribution in [3.05, 3.63) is 35.9 Å². The topological polar surface area (TPSA) is 58.4 Å². The van der Waals surface area contributed by atoms with E-state index in [0.29, 0.717) is 6.54 Å². The van der Waals surface area contributed by atoms with Gasteiger partial charge in [-0.25, -0.2) is 0 Å². The molecule has 0 spiro atoms. The van der Waals surface area contributed by atoms with Gasteiger partial charge in [0.05, 0.1) is 12.0 Å². The Morgan fingerprint density at radius 2 is 1.95 bits per heavy atom. The van der Waals surface area contributed by atoms with Crippen LogP contribution in [0.25, 0.3) is 0 Å². The summed E-state index contributed by atoms with van der Waals surface area (Å²) in [6.45, 7) is 6.90. The van der Waals surface area contributed by atoms with Crippen LogP contribution in [-0.4, -0.2) is 36.5 Å². The van der Waals surface area contributed by atoms with Gasteiger partial charge in [-0.1, -0.05) is 50.6 Å². The predicted octanol–water partition coefficient (Wildman–Crippen LogP) is 2.31. The van der Waals surface area contributed by atoms with Crippen LogP contribution in [0, 0.1) is 5.92 Å². The van der Waals surface area contributed by atoms with Gasteiger partial charge in [-0.05, 0) is 31.5 Å². The van der Waals surface area contributed by atoms with Gasteiger partial charge in [-0.2, -0.15) is 0 Å². The number of rotatable bonds is 7. The first-order valence-electron chi connectivity index (χ1n) is 8.49. The van der Waals surface area contributed by atoms with Crippen LogP contribution in [0.2, 0.25) is 0 Å². The summed E-state index contributed by atoms with van der Waals surface area (Å²) >= 11 is 0. The predicted molar refractivity (Wildman–Crippen MR) is 90.4 cm³/mol. The van der Waals surface area contributed by atoms with E-state index in [0.717, 1.165) is 32.4 Å². The minimum absolute atomic E-state index is 0.00636. The molecule has 0 aromatic heterocycles. The lowest BCUT2D eigenvalue weighted by molar-refractivity contribution is -0.125. The second kappa shape index (κ2) is 8.30. The molecule has 3 atom stereocenters. The molecule has 1 fully saturated rings.